The van der Waals surface area contributed by atoms with E-state index in [1.807, 2.05) is 0 Å². The number of rotatable bonds is 2. The van der Waals surface area contributed by atoms with Crippen molar-refractivity contribution >= 4 is 5.78 Å². The number of hydrogen-bond donors (Lipinski definition) is 0. The molecular weight excluding hydrogens is 210 g/mol. The Balaban J connectivity index is 2.03. The normalized spacial score (nSPS) is 32.6. The molecule has 2 saturated heterocycles. The van der Waals surface area contributed by atoms with Gasteiger partial charge in [-0.25, -0.2) is 0 Å². The fraction of sp³-hybridized carbons (Fsp3) is 0.933. The van der Waals surface area contributed by atoms with Gasteiger partial charge in [-0.1, -0.05) is 34.1 Å². The maximum absolute atomic E-state index is 11.7. The van der Waals surface area contributed by atoms with Gasteiger partial charge < -0.3 is 0 Å². The Labute approximate surface area is 106 Å². The van der Waals surface area contributed by atoms with Crippen molar-refractivity contribution in [3.8, 4) is 0 Å². The Morgan fingerprint density at radius 3 is 2.24 bits per heavy atom. The quantitative estimate of drug-likeness (QED) is 0.735. The molecule has 3 atom stereocenters. The molecule has 0 aliphatic carbocycles. The second-order valence-corrected chi connectivity index (χ2v) is 7.15. The van der Waals surface area contributed by atoms with Crippen LogP contribution in [0.25, 0.3) is 0 Å². The minimum Gasteiger partial charge on any atom is -0.300 e. The molecule has 2 heteroatoms. The van der Waals surface area contributed by atoms with Crippen LogP contribution in [0.15, 0.2) is 0 Å². The molecule has 0 amide bonds. The molecule has 2 aliphatic heterocycles. The molecule has 2 fully saturated rings. The van der Waals surface area contributed by atoms with Gasteiger partial charge in [0, 0.05) is 31.5 Å². The van der Waals surface area contributed by atoms with Crippen LogP contribution < -0.4 is 0 Å². The van der Waals surface area contributed by atoms with E-state index in [2.05, 4.69) is 32.6 Å². The smallest absolute Gasteiger partial charge is 0.136 e. The highest BCUT2D eigenvalue weighted by Gasteiger charge is 2.38. The van der Waals surface area contributed by atoms with Crippen molar-refractivity contribution in [1.29, 1.82) is 0 Å². The van der Waals surface area contributed by atoms with Crippen molar-refractivity contribution in [2.24, 2.45) is 11.3 Å². The molecule has 2 bridgehead atoms. The summed E-state index contributed by atoms with van der Waals surface area (Å²) in [7, 11) is 0. The summed E-state index contributed by atoms with van der Waals surface area (Å²) in [4.78, 5) is 14.3. The lowest BCUT2D eigenvalue weighted by molar-refractivity contribution is -0.127. The van der Waals surface area contributed by atoms with Gasteiger partial charge in [-0.3, -0.25) is 9.69 Å². The van der Waals surface area contributed by atoms with Crippen LogP contribution in [-0.4, -0.2) is 29.3 Å². The van der Waals surface area contributed by atoms with E-state index in [1.54, 1.807) is 0 Å². The average Bonchev–Trinajstić information content (AvgIpc) is 2.17. The molecule has 2 aliphatic rings. The first kappa shape index (κ1) is 13.1. The van der Waals surface area contributed by atoms with Gasteiger partial charge in [0.05, 0.1) is 0 Å². The zero-order chi connectivity index (χ0) is 12.6. The van der Waals surface area contributed by atoms with E-state index >= 15 is 0 Å². The van der Waals surface area contributed by atoms with Crippen molar-refractivity contribution in [2.45, 2.75) is 71.9 Å². The molecule has 3 unspecified atom stereocenters. The van der Waals surface area contributed by atoms with Crippen LogP contribution in [0.2, 0.25) is 0 Å². The Bertz CT molecular complexity index is 276. The van der Waals surface area contributed by atoms with Crippen LogP contribution in [-0.2, 0) is 4.79 Å². The second kappa shape index (κ2) is 4.72. The van der Waals surface area contributed by atoms with Gasteiger partial charge in [0.15, 0.2) is 0 Å². The van der Waals surface area contributed by atoms with Crippen LogP contribution in [0.3, 0.4) is 0 Å². The van der Waals surface area contributed by atoms with E-state index in [4.69, 9.17) is 0 Å². The minimum atomic E-state index is 0.371. The summed E-state index contributed by atoms with van der Waals surface area (Å²) in [6.45, 7) is 10.5. The van der Waals surface area contributed by atoms with Gasteiger partial charge in [0.1, 0.15) is 5.78 Å². The predicted octanol–water partition coefficient (Wildman–Crippen LogP) is 3.25. The standard InChI is InChI=1S/C15H27NO/c1-11(15(2,3)4)10-16-12-6-5-7-13(16)9-14(17)8-12/h11-13H,5-10H2,1-4H3. The average molecular weight is 237 g/mol. The number of Topliss-reactive ketones (excluding diaryl/α,β-unsaturated/α-hetero) is 1. The molecule has 0 aromatic carbocycles. The second-order valence-electron chi connectivity index (χ2n) is 7.15. The van der Waals surface area contributed by atoms with Gasteiger partial charge in [-0.05, 0) is 24.2 Å². The highest BCUT2D eigenvalue weighted by atomic mass is 16.1. The number of fused-ring (bicyclic) bond motifs is 2. The molecule has 0 radical (unpaired) electrons. The third kappa shape index (κ3) is 2.90. The van der Waals surface area contributed by atoms with Crippen molar-refractivity contribution in [1.82, 2.24) is 4.90 Å². The Morgan fingerprint density at radius 2 is 1.76 bits per heavy atom. The minimum absolute atomic E-state index is 0.371. The Kier molecular flexibility index (Phi) is 3.63. The summed E-state index contributed by atoms with van der Waals surface area (Å²) < 4.78 is 0. The van der Waals surface area contributed by atoms with E-state index < -0.39 is 0 Å². The molecular formula is C15H27NO. The fourth-order valence-electron chi connectivity index (χ4n) is 3.15. The Hall–Kier alpha value is -0.370. The van der Waals surface area contributed by atoms with Crippen LogP contribution in [0, 0.1) is 11.3 Å². The maximum Gasteiger partial charge on any atom is 0.136 e. The summed E-state index contributed by atoms with van der Waals surface area (Å²) >= 11 is 0. The number of ketones is 1. The van der Waals surface area contributed by atoms with E-state index in [0.29, 0.717) is 29.2 Å². The molecule has 0 N–H and O–H groups in total. The van der Waals surface area contributed by atoms with Crippen LogP contribution in [0.5, 0.6) is 0 Å². The summed E-state index contributed by atoms with van der Waals surface area (Å²) in [6.07, 6.45) is 5.42. The molecule has 2 heterocycles. The van der Waals surface area contributed by atoms with E-state index in [1.165, 1.54) is 25.8 Å². The maximum atomic E-state index is 11.7. The Morgan fingerprint density at radius 1 is 1.24 bits per heavy atom. The van der Waals surface area contributed by atoms with Crippen LogP contribution >= 0.6 is 0 Å². The van der Waals surface area contributed by atoms with Crippen molar-refractivity contribution in [3.05, 3.63) is 0 Å². The largest absolute Gasteiger partial charge is 0.300 e. The van der Waals surface area contributed by atoms with E-state index in [9.17, 15) is 4.79 Å². The van der Waals surface area contributed by atoms with Gasteiger partial charge in [-0.2, -0.15) is 0 Å². The summed E-state index contributed by atoms with van der Waals surface area (Å²) in [5, 5.41) is 0. The molecule has 2 rings (SSSR count). The van der Waals surface area contributed by atoms with Crippen LogP contribution in [0.1, 0.15) is 59.8 Å². The summed E-state index contributed by atoms with van der Waals surface area (Å²) in [6, 6.07) is 1.11. The summed E-state index contributed by atoms with van der Waals surface area (Å²) in [5.74, 6) is 1.19. The number of hydrogen-bond acceptors (Lipinski definition) is 2. The van der Waals surface area contributed by atoms with Crippen LogP contribution in [0.4, 0.5) is 0 Å². The third-order valence-electron chi connectivity index (χ3n) is 4.90. The zero-order valence-corrected chi connectivity index (χ0v) is 11.8. The zero-order valence-electron chi connectivity index (χ0n) is 11.8. The molecule has 17 heavy (non-hydrogen) atoms. The molecule has 0 saturated carbocycles. The lowest BCUT2D eigenvalue weighted by Crippen LogP contribution is -2.54. The fourth-order valence-corrected chi connectivity index (χ4v) is 3.15. The monoisotopic (exact) mass is 237 g/mol. The van der Waals surface area contributed by atoms with Crippen molar-refractivity contribution in [3.63, 3.8) is 0 Å². The molecule has 0 aromatic rings. The number of carbonyl (C=O) groups is 1. The van der Waals surface area contributed by atoms with Crippen molar-refractivity contribution in [2.75, 3.05) is 6.54 Å². The lowest BCUT2D eigenvalue weighted by atomic mass is 9.78. The van der Waals surface area contributed by atoms with Gasteiger partial charge in [0.25, 0.3) is 0 Å². The molecule has 2 nitrogen and oxygen atoms in total. The summed E-state index contributed by atoms with van der Waals surface area (Å²) in [5.41, 5.74) is 0.371. The van der Waals surface area contributed by atoms with Gasteiger partial charge in [-0.15, -0.1) is 0 Å². The first-order valence-electron chi connectivity index (χ1n) is 7.15. The highest BCUT2D eigenvalue weighted by Crippen LogP contribution is 2.35. The van der Waals surface area contributed by atoms with Crippen molar-refractivity contribution < 1.29 is 4.79 Å². The van der Waals surface area contributed by atoms with Gasteiger partial charge in [0.2, 0.25) is 0 Å². The number of carbonyl (C=O) groups excluding carboxylic acids is 1. The highest BCUT2D eigenvalue weighted by molar-refractivity contribution is 5.80. The molecule has 98 valence electrons. The number of nitrogens with zero attached hydrogens (tertiary/aromatic N) is 1. The molecule has 0 aromatic heterocycles. The SMILES string of the molecule is CC(CN1C2CCCC1CC(=O)C2)C(C)(C)C. The van der Waals surface area contributed by atoms with E-state index in [0.717, 1.165) is 12.8 Å². The topological polar surface area (TPSA) is 20.3 Å². The lowest BCUT2D eigenvalue weighted by Gasteiger charge is -2.48. The van der Waals surface area contributed by atoms with Gasteiger partial charge >= 0.3 is 0 Å². The predicted molar refractivity (Wildman–Crippen MR) is 71.0 cm³/mol. The van der Waals surface area contributed by atoms with E-state index in [-0.39, 0.29) is 0 Å². The first-order chi connectivity index (χ1) is 7.88. The first-order valence-corrected chi connectivity index (χ1v) is 7.15. The third-order valence-corrected chi connectivity index (χ3v) is 4.90. The molecule has 0 spiro atoms. The number of piperidine rings is 2.